The van der Waals surface area contributed by atoms with Crippen molar-refractivity contribution in [2.75, 3.05) is 5.32 Å². The Hall–Kier alpha value is -2.41. The van der Waals surface area contributed by atoms with E-state index < -0.39 is 12.1 Å². The van der Waals surface area contributed by atoms with E-state index in [9.17, 15) is 9.59 Å². The molecule has 0 aliphatic carbocycles. The second-order valence-corrected chi connectivity index (χ2v) is 4.37. The first kappa shape index (κ1) is 13.0. The Kier molecular flexibility index (Phi) is 4.09. The molecule has 2 N–H and O–H groups in total. The van der Waals surface area contributed by atoms with E-state index in [1.54, 1.807) is 0 Å². The summed E-state index contributed by atoms with van der Waals surface area (Å²) in [5.41, 5.74) is 0.761. The number of ether oxygens (including phenoxy) is 1. The standard InChI is InChI=1S/C12H10N2O4S/c15-11(16)9-6-10(19-14-9)13-12(17)18-7-8-4-2-1-3-5-8/h1-6H,7H2,(H,13,17)(H,15,16). The summed E-state index contributed by atoms with van der Waals surface area (Å²) < 4.78 is 8.64. The maximum atomic E-state index is 11.5. The summed E-state index contributed by atoms with van der Waals surface area (Å²) in [5, 5.41) is 11.4. The van der Waals surface area contributed by atoms with Crippen molar-refractivity contribution in [1.82, 2.24) is 4.37 Å². The fourth-order valence-corrected chi connectivity index (χ4v) is 1.92. The number of carbonyl (C=O) groups is 2. The van der Waals surface area contributed by atoms with Gasteiger partial charge in [-0.15, -0.1) is 0 Å². The van der Waals surface area contributed by atoms with Crippen molar-refractivity contribution < 1.29 is 19.4 Å². The summed E-state index contributed by atoms with van der Waals surface area (Å²) in [4.78, 5) is 22.1. The molecule has 0 aliphatic heterocycles. The number of hydrogen-bond acceptors (Lipinski definition) is 5. The molecule has 1 amide bonds. The number of carboxylic acid groups (broad SMARTS) is 1. The average Bonchev–Trinajstić information content (AvgIpc) is 2.86. The number of benzene rings is 1. The molecule has 6 nitrogen and oxygen atoms in total. The third-order valence-corrected chi connectivity index (χ3v) is 2.87. The molecule has 2 rings (SSSR count). The molecule has 0 atom stereocenters. The topological polar surface area (TPSA) is 88.5 Å². The van der Waals surface area contributed by atoms with Crippen LogP contribution in [0.3, 0.4) is 0 Å². The first-order valence-electron chi connectivity index (χ1n) is 5.33. The van der Waals surface area contributed by atoms with Gasteiger partial charge in [0.25, 0.3) is 0 Å². The molecule has 98 valence electrons. The Labute approximate surface area is 112 Å². The van der Waals surface area contributed by atoms with Crippen molar-refractivity contribution in [2.45, 2.75) is 6.61 Å². The van der Waals surface area contributed by atoms with Crippen LogP contribution in [-0.4, -0.2) is 21.5 Å². The van der Waals surface area contributed by atoms with Gasteiger partial charge in [-0.3, -0.25) is 5.32 Å². The Morgan fingerprint density at radius 3 is 2.68 bits per heavy atom. The van der Waals surface area contributed by atoms with Gasteiger partial charge < -0.3 is 9.84 Å². The molecular weight excluding hydrogens is 268 g/mol. The van der Waals surface area contributed by atoms with Gasteiger partial charge in [-0.2, -0.15) is 4.37 Å². The van der Waals surface area contributed by atoms with Crippen molar-refractivity contribution in [3.8, 4) is 0 Å². The minimum atomic E-state index is -1.14. The molecule has 7 heteroatoms. The number of nitrogens with one attached hydrogen (secondary N) is 1. The second-order valence-electron chi connectivity index (χ2n) is 3.57. The fourth-order valence-electron chi connectivity index (χ4n) is 1.29. The highest BCUT2D eigenvalue weighted by Crippen LogP contribution is 2.16. The van der Waals surface area contributed by atoms with E-state index in [0.29, 0.717) is 5.00 Å². The van der Waals surface area contributed by atoms with Crippen molar-refractivity contribution >= 4 is 28.6 Å². The number of nitrogens with zero attached hydrogens (tertiary/aromatic N) is 1. The number of amides is 1. The maximum absolute atomic E-state index is 11.5. The van der Waals surface area contributed by atoms with Crippen molar-refractivity contribution in [1.29, 1.82) is 0 Å². The van der Waals surface area contributed by atoms with Crippen LogP contribution in [0.25, 0.3) is 0 Å². The van der Waals surface area contributed by atoms with E-state index >= 15 is 0 Å². The number of anilines is 1. The first-order valence-corrected chi connectivity index (χ1v) is 6.10. The molecule has 0 bridgehead atoms. The average molecular weight is 278 g/mol. The number of carboxylic acids is 1. The molecule has 0 spiro atoms. The van der Waals surface area contributed by atoms with Crippen LogP contribution < -0.4 is 5.32 Å². The molecule has 2 aromatic rings. The summed E-state index contributed by atoms with van der Waals surface area (Å²) in [6, 6.07) is 10.5. The van der Waals surface area contributed by atoms with Crippen LogP contribution >= 0.6 is 11.5 Å². The van der Waals surface area contributed by atoms with Crippen molar-refractivity contribution in [3.05, 3.63) is 47.7 Å². The van der Waals surface area contributed by atoms with Crippen LogP contribution in [0.2, 0.25) is 0 Å². The number of carbonyl (C=O) groups excluding carboxylic acids is 1. The summed E-state index contributed by atoms with van der Waals surface area (Å²) in [6.07, 6.45) is -0.649. The molecule has 0 radical (unpaired) electrons. The van der Waals surface area contributed by atoms with Crippen LogP contribution in [0.4, 0.5) is 9.80 Å². The van der Waals surface area contributed by atoms with Gasteiger partial charge in [0, 0.05) is 6.07 Å². The molecule has 0 unspecified atom stereocenters. The SMILES string of the molecule is O=C(Nc1cc(C(=O)O)ns1)OCc1ccccc1. The summed E-state index contributed by atoms with van der Waals surface area (Å²) in [5.74, 6) is -1.14. The van der Waals surface area contributed by atoms with Crippen LogP contribution in [0.5, 0.6) is 0 Å². The van der Waals surface area contributed by atoms with Crippen molar-refractivity contribution in [3.63, 3.8) is 0 Å². The van der Waals surface area contributed by atoms with Gasteiger partial charge in [0.1, 0.15) is 11.6 Å². The fraction of sp³-hybridized carbons (Fsp3) is 0.0833. The number of aromatic nitrogens is 1. The van der Waals surface area contributed by atoms with Crippen LogP contribution in [0.1, 0.15) is 16.1 Å². The van der Waals surface area contributed by atoms with Crippen LogP contribution in [0, 0.1) is 0 Å². The van der Waals surface area contributed by atoms with Crippen LogP contribution in [0.15, 0.2) is 36.4 Å². The van der Waals surface area contributed by atoms with Crippen molar-refractivity contribution in [2.24, 2.45) is 0 Å². The Bertz CT molecular complexity index is 582. The van der Waals surface area contributed by atoms with Gasteiger partial charge in [-0.25, -0.2) is 9.59 Å². The quantitative estimate of drug-likeness (QED) is 0.897. The zero-order valence-electron chi connectivity index (χ0n) is 9.70. The first-order chi connectivity index (χ1) is 9.15. The van der Waals surface area contributed by atoms with Gasteiger partial charge in [-0.1, -0.05) is 30.3 Å². The predicted octanol–water partition coefficient (Wildman–Crippen LogP) is 2.59. The lowest BCUT2D eigenvalue weighted by Crippen LogP contribution is -2.12. The van der Waals surface area contributed by atoms with E-state index in [0.717, 1.165) is 17.1 Å². The van der Waals surface area contributed by atoms with E-state index in [-0.39, 0.29) is 12.3 Å². The number of hydrogen-bond donors (Lipinski definition) is 2. The lowest BCUT2D eigenvalue weighted by Gasteiger charge is -2.04. The Balaban J connectivity index is 1.85. The molecule has 0 aliphatic rings. The highest BCUT2D eigenvalue weighted by Gasteiger charge is 2.11. The maximum Gasteiger partial charge on any atom is 0.412 e. The zero-order chi connectivity index (χ0) is 13.7. The molecule has 1 aromatic carbocycles. The highest BCUT2D eigenvalue weighted by atomic mass is 32.1. The van der Waals surface area contributed by atoms with Gasteiger partial charge in [0.15, 0.2) is 5.69 Å². The zero-order valence-corrected chi connectivity index (χ0v) is 10.5. The largest absolute Gasteiger partial charge is 0.476 e. The Morgan fingerprint density at radius 2 is 2.05 bits per heavy atom. The monoisotopic (exact) mass is 278 g/mol. The summed E-state index contributed by atoms with van der Waals surface area (Å²) in [7, 11) is 0. The van der Waals surface area contributed by atoms with E-state index in [1.807, 2.05) is 30.3 Å². The normalized spacial score (nSPS) is 9.89. The molecule has 0 fully saturated rings. The lowest BCUT2D eigenvalue weighted by molar-refractivity contribution is 0.0691. The third kappa shape index (κ3) is 3.78. The molecular formula is C12H10N2O4S. The molecule has 0 saturated heterocycles. The molecule has 1 heterocycles. The highest BCUT2D eigenvalue weighted by molar-refractivity contribution is 7.10. The molecule has 0 saturated carbocycles. The van der Waals surface area contributed by atoms with E-state index in [4.69, 9.17) is 9.84 Å². The Morgan fingerprint density at radius 1 is 1.32 bits per heavy atom. The minimum Gasteiger partial charge on any atom is -0.476 e. The van der Waals surface area contributed by atoms with Gasteiger partial charge in [-0.05, 0) is 17.1 Å². The van der Waals surface area contributed by atoms with E-state index in [2.05, 4.69) is 9.69 Å². The third-order valence-electron chi connectivity index (χ3n) is 2.17. The van der Waals surface area contributed by atoms with Crippen LogP contribution in [-0.2, 0) is 11.3 Å². The summed E-state index contributed by atoms with van der Waals surface area (Å²) in [6.45, 7) is 0.150. The predicted molar refractivity (Wildman–Crippen MR) is 69.3 cm³/mol. The number of rotatable bonds is 4. The molecule has 1 aromatic heterocycles. The molecule has 19 heavy (non-hydrogen) atoms. The lowest BCUT2D eigenvalue weighted by atomic mass is 10.2. The minimum absolute atomic E-state index is 0.108. The smallest absolute Gasteiger partial charge is 0.412 e. The summed E-state index contributed by atoms with van der Waals surface area (Å²) >= 11 is 0.885. The second kappa shape index (κ2) is 5.96. The van der Waals surface area contributed by atoms with Gasteiger partial charge in [0.05, 0.1) is 0 Å². The van der Waals surface area contributed by atoms with Gasteiger partial charge in [0.2, 0.25) is 0 Å². The van der Waals surface area contributed by atoms with E-state index in [1.165, 1.54) is 6.07 Å². The van der Waals surface area contributed by atoms with Gasteiger partial charge >= 0.3 is 12.1 Å². The number of aromatic carboxylic acids is 1.